The van der Waals surface area contributed by atoms with Gasteiger partial charge in [-0.25, -0.2) is 0 Å². The van der Waals surface area contributed by atoms with Crippen molar-refractivity contribution in [1.82, 2.24) is 4.57 Å². The average Bonchev–Trinajstić information content (AvgIpc) is 2.80. The maximum atomic E-state index is 9.14. The number of para-hydroxylation sites is 1. The van der Waals surface area contributed by atoms with Crippen LogP contribution in [0.2, 0.25) is 0 Å². The Morgan fingerprint density at radius 2 is 2.00 bits per heavy atom. The third kappa shape index (κ3) is 1.85. The number of nitrogens with one attached hydrogen (secondary N) is 1. The van der Waals surface area contributed by atoms with E-state index in [1.54, 1.807) is 0 Å². The summed E-state index contributed by atoms with van der Waals surface area (Å²) >= 11 is 0. The highest BCUT2D eigenvalue weighted by atomic mass is 16.2. The molecule has 0 radical (unpaired) electrons. The molecule has 1 atom stereocenters. The summed E-state index contributed by atoms with van der Waals surface area (Å²) in [5.74, 6) is 0. The van der Waals surface area contributed by atoms with E-state index in [9.17, 15) is 0 Å². The molecule has 0 saturated carbocycles. The Kier molecular flexibility index (Phi) is 2.86. The van der Waals surface area contributed by atoms with Crippen molar-refractivity contribution < 1.29 is 5.11 Å². The summed E-state index contributed by atoms with van der Waals surface area (Å²) in [4.78, 5) is 0. The molecule has 1 aliphatic rings. The van der Waals surface area contributed by atoms with Crippen LogP contribution in [-0.2, 0) is 12.6 Å². The first-order valence-electron chi connectivity index (χ1n) is 6.80. The fourth-order valence-electron chi connectivity index (χ4n) is 3.23. The van der Waals surface area contributed by atoms with Crippen molar-refractivity contribution in [3.05, 3.63) is 42.2 Å². The van der Waals surface area contributed by atoms with Gasteiger partial charge in [0, 0.05) is 36.7 Å². The van der Waals surface area contributed by atoms with E-state index in [0.29, 0.717) is 0 Å². The van der Waals surface area contributed by atoms with Crippen LogP contribution in [0.1, 0.15) is 25.5 Å². The lowest BCUT2D eigenvalue weighted by Crippen LogP contribution is -2.37. The zero-order valence-corrected chi connectivity index (χ0v) is 11.5. The number of nitrogens with zero attached hydrogens (tertiary/aromatic N) is 1. The van der Waals surface area contributed by atoms with Crippen LogP contribution in [0.3, 0.4) is 0 Å². The molecule has 2 N–H and O–H groups in total. The molecule has 3 nitrogen and oxygen atoms in total. The molecule has 1 aromatic heterocycles. The van der Waals surface area contributed by atoms with E-state index >= 15 is 0 Å². The number of hydrogen-bond acceptors (Lipinski definition) is 2. The molecule has 100 valence electrons. The molecule has 1 unspecified atom stereocenters. The van der Waals surface area contributed by atoms with Crippen LogP contribution in [0.4, 0.5) is 5.69 Å². The van der Waals surface area contributed by atoms with Gasteiger partial charge < -0.3 is 15.0 Å². The Bertz CT molecular complexity index is 603. The summed E-state index contributed by atoms with van der Waals surface area (Å²) in [5.41, 5.74) is 4.93. The van der Waals surface area contributed by atoms with Crippen LogP contribution in [-0.4, -0.2) is 16.3 Å². The van der Waals surface area contributed by atoms with Gasteiger partial charge in [-0.15, -0.1) is 0 Å². The van der Waals surface area contributed by atoms with E-state index < -0.39 is 0 Å². The van der Waals surface area contributed by atoms with Crippen LogP contribution >= 0.6 is 0 Å². The van der Waals surface area contributed by atoms with Crippen molar-refractivity contribution in [2.75, 3.05) is 11.9 Å². The van der Waals surface area contributed by atoms with Gasteiger partial charge in [-0.2, -0.15) is 0 Å². The Hall–Kier alpha value is -1.74. The first-order valence-corrected chi connectivity index (χ1v) is 6.80. The molecule has 3 heteroatoms. The Morgan fingerprint density at radius 1 is 1.21 bits per heavy atom. The van der Waals surface area contributed by atoms with Crippen LogP contribution in [0, 0.1) is 0 Å². The Morgan fingerprint density at radius 3 is 2.79 bits per heavy atom. The number of aromatic nitrogens is 1. The van der Waals surface area contributed by atoms with E-state index in [4.69, 9.17) is 5.11 Å². The van der Waals surface area contributed by atoms with Crippen molar-refractivity contribution in [2.24, 2.45) is 7.05 Å². The molecule has 0 saturated heterocycles. The Labute approximate surface area is 113 Å². The number of aliphatic hydroxyl groups is 1. The van der Waals surface area contributed by atoms with Crippen molar-refractivity contribution in [3.8, 4) is 11.1 Å². The first kappa shape index (κ1) is 12.3. The highest BCUT2D eigenvalue weighted by Crippen LogP contribution is 2.45. The predicted molar refractivity (Wildman–Crippen MR) is 78.1 cm³/mol. The second-order valence-electron chi connectivity index (χ2n) is 5.52. The van der Waals surface area contributed by atoms with Crippen molar-refractivity contribution in [1.29, 1.82) is 0 Å². The van der Waals surface area contributed by atoms with Gasteiger partial charge in [0.1, 0.15) is 0 Å². The Balaban J connectivity index is 2.15. The average molecular weight is 256 g/mol. The van der Waals surface area contributed by atoms with Gasteiger partial charge in [0.2, 0.25) is 0 Å². The van der Waals surface area contributed by atoms with Gasteiger partial charge >= 0.3 is 0 Å². The van der Waals surface area contributed by atoms with Crippen molar-refractivity contribution >= 4 is 5.69 Å². The van der Waals surface area contributed by atoms with Crippen LogP contribution < -0.4 is 5.32 Å². The standard InChI is InChI=1S/C16H20N2O/c1-16(9-5-11-19)15-13(8-10-18(15)2)12-6-3-4-7-14(12)17-16/h3-4,6-8,10,17,19H,5,9,11H2,1-2H3. The number of rotatable bonds is 3. The topological polar surface area (TPSA) is 37.2 Å². The van der Waals surface area contributed by atoms with Crippen molar-refractivity contribution in [3.63, 3.8) is 0 Å². The fraction of sp³-hybridized carbons (Fsp3) is 0.375. The van der Waals surface area contributed by atoms with Crippen LogP contribution in [0.15, 0.2) is 36.5 Å². The molecule has 0 spiro atoms. The number of aryl methyl sites for hydroxylation is 1. The molecule has 0 bridgehead atoms. The molecule has 2 heterocycles. The smallest absolute Gasteiger partial charge is 0.0754 e. The summed E-state index contributed by atoms with van der Waals surface area (Å²) < 4.78 is 2.19. The van der Waals surface area contributed by atoms with Gasteiger partial charge in [0.25, 0.3) is 0 Å². The number of benzene rings is 1. The maximum Gasteiger partial charge on any atom is 0.0754 e. The minimum absolute atomic E-state index is 0.120. The lowest BCUT2D eigenvalue weighted by atomic mass is 9.83. The second-order valence-corrected chi connectivity index (χ2v) is 5.52. The summed E-state index contributed by atoms with van der Waals surface area (Å²) in [5, 5.41) is 12.8. The van der Waals surface area contributed by atoms with Gasteiger partial charge in [0.05, 0.1) is 11.2 Å². The third-order valence-corrected chi connectivity index (χ3v) is 4.06. The van der Waals surface area contributed by atoms with Gasteiger partial charge in [-0.05, 0) is 31.9 Å². The summed E-state index contributed by atoms with van der Waals surface area (Å²) in [6.45, 7) is 2.45. The molecule has 19 heavy (non-hydrogen) atoms. The zero-order chi connectivity index (χ0) is 13.5. The number of hydrogen-bond donors (Lipinski definition) is 2. The molecule has 0 fully saturated rings. The molecule has 2 aromatic rings. The fourth-order valence-corrected chi connectivity index (χ4v) is 3.23. The highest BCUT2D eigenvalue weighted by molar-refractivity contribution is 5.84. The van der Waals surface area contributed by atoms with Crippen LogP contribution in [0.5, 0.6) is 0 Å². The lowest BCUT2D eigenvalue weighted by molar-refractivity contribution is 0.268. The quantitative estimate of drug-likeness (QED) is 0.885. The minimum atomic E-state index is -0.120. The van der Waals surface area contributed by atoms with Gasteiger partial charge in [-0.3, -0.25) is 0 Å². The molecule has 0 aliphatic carbocycles. The van der Waals surface area contributed by atoms with E-state index in [1.165, 1.54) is 22.5 Å². The number of fused-ring (bicyclic) bond motifs is 3. The summed E-state index contributed by atoms with van der Waals surface area (Å²) in [6.07, 6.45) is 3.84. The number of aliphatic hydroxyl groups excluding tert-OH is 1. The van der Waals surface area contributed by atoms with E-state index in [-0.39, 0.29) is 12.1 Å². The van der Waals surface area contributed by atoms with Gasteiger partial charge in [-0.1, -0.05) is 18.2 Å². The highest BCUT2D eigenvalue weighted by Gasteiger charge is 2.35. The normalized spacial score (nSPS) is 20.6. The van der Waals surface area contributed by atoms with Gasteiger partial charge in [0.15, 0.2) is 0 Å². The van der Waals surface area contributed by atoms with Crippen LogP contribution in [0.25, 0.3) is 11.1 Å². The van der Waals surface area contributed by atoms with E-state index in [0.717, 1.165) is 12.8 Å². The first-order chi connectivity index (χ1) is 9.15. The molecule has 0 amide bonds. The van der Waals surface area contributed by atoms with E-state index in [1.807, 2.05) is 0 Å². The molecule has 1 aliphatic heterocycles. The predicted octanol–water partition coefficient (Wildman–Crippen LogP) is 3.11. The van der Waals surface area contributed by atoms with E-state index in [2.05, 4.69) is 60.4 Å². The second kappa shape index (κ2) is 4.42. The minimum Gasteiger partial charge on any atom is -0.396 e. The molecule has 1 aromatic carbocycles. The zero-order valence-electron chi connectivity index (χ0n) is 11.5. The number of anilines is 1. The summed E-state index contributed by atoms with van der Waals surface area (Å²) in [7, 11) is 2.09. The SMILES string of the molecule is Cn1ccc2c1C(C)(CCCO)Nc1ccccc1-2. The third-order valence-electron chi connectivity index (χ3n) is 4.06. The maximum absolute atomic E-state index is 9.14. The molecular weight excluding hydrogens is 236 g/mol. The lowest BCUT2D eigenvalue weighted by Gasteiger charge is -2.38. The molecule has 3 rings (SSSR count). The van der Waals surface area contributed by atoms with Crippen molar-refractivity contribution in [2.45, 2.75) is 25.3 Å². The summed E-state index contributed by atoms with van der Waals surface area (Å²) in [6, 6.07) is 10.6. The molecular formula is C16H20N2O. The largest absolute Gasteiger partial charge is 0.396 e. The monoisotopic (exact) mass is 256 g/mol.